The van der Waals surface area contributed by atoms with E-state index in [0.717, 1.165) is 22.3 Å². The van der Waals surface area contributed by atoms with Gasteiger partial charge in [0.15, 0.2) is 0 Å². The topological polar surface area (TPSA) is 132 Å². The van der Waals surface area contributed by atoms with Crippen molar-refractivity contribution < 1.29 is 24.2 Å². The van der Waals surface area contributed by atoms with E-state index in [1.807, 2.05) is 48.5 Å². The number of alkyl carbamates (subject to hydrolysis) is 1. The molecule has 1 heterocycles. The molecule has 0 bridgehead atoms. The highest BCUT2D eigenvalue weighted by atomic mass is 16.5. The minimum absolute atomic E-state index is 0.0940. The van der Waals surface area contributed by atoms with Crippen LogP contribution in [-0.4, -0.2) is 40.7 Å². The Labute approximate surface area is 190 Å². The summed E-state index contributed by atoms with van der Waals surface area (Å²) in [5.74, 6) is -1.91. The molecule has 1 atom stereocenters. The first-order chi connectivity index (χ1) is 15.9. The zero-order valence-electron chi connectivity index (χ0n) is 17.7. The lowest BCUT2D eigenvalue weighted by Gasteiger charge is -2.17. The molecule has 168 valence electrons. The van der Waals surface area contributed by atoms with Gasteiger partial charge in [0.05, 0.1) is 5.56 Å². The van der Waals surface area contributed by atoms with Gasteiger partial charge in [-0.3, -0.25) is 9.78 Å². The van der Waals surface area contributed by atoms with Gasteiger partial charge < -0.3 is 20.9 Å². The quantitative estimate of drug-likeness (QED) is 0.488. The third-order valence-electron chi connectivity index (χ3n) is 5.73. The van der Waals surface area contributed by atoms with Crippen LogP contribution in [0.25, 0.3) is 11.1 Å². The summed E-state index contributed by atoms with van der Waals surface area (Å²) in [6, 6.07) is 16.3. The second-order valence-corrected chi connectivity index (χ2v) is 7.85. The van der Waals surface area contributed by atoms with Crippen molar-refractivity contribution in [2.75, 3.05) is 6.61 Å². The molecule has 0 aliphatic heterocycles. The third-order valence-corrected chi connectivity index (χ3v) is 5.73. The number of carboxylic acids is 1. The molecule has 4 rings (SSSR count). The molecule has 8 nitrogen and oxygen atoms in total. The molecule has 0 spiro atoms. The van der Waals surface area contributed by atoms with E-state index < -0.39 is 24.0 Å². The molecule has 3 aromatic rings. The first-order valence-corrected chi connectivity index (χ1v) is 10.5. The normalized spacial score (nSPS) is 13.0. The summed E-state index contributed by atoms with van der Waals surface area (Å²) >= 11 is 0. The number of aliphatic carboxylic acids is 1. The highest BCUT2D eigenvalue weighted by Crippen LogP contribution is 2.44. The summed E-state index contributed by atoms with van der Waals surface area (Å²) in [7, 11) is 0. The van der Waals surface area contributed by atoms with Crippen molar-refractivity contribution in [3.8, 4) is 11.1 Å². The summed E-state index contributed by atoms with van der Waals surface area (Å²) < 4.78 is 5.44. The fourth-order valence-corrected chi connectivity index (χ4v) is 4.11. The van der Waals surface area contributed by atoms with Crippen molar-refractivity contribution in [2.45, 2.75) is 24.8 Å². The molecule has 2 aromatic carbocycles. The predicted molar refractivity (Wildman–Crippen MR) is 121 cm³/mol. The number of carboxylic acid groups (broad SMARTS) is 1. The maximum atomic E-state index is 12.4. The van der Waals surface area contributed by atoms with Crippen LogP contribution in [0.3, 0.4) is 0 Å². The van der Waals surface area contributed by atoms with Gasteiger partial charge in [0.1, 0.15) is 12.6 Å². The van der Waals surface area contributed by atoms with Gasteiger partial charge in [-0.05, 0) is 46.7 Å². The number of aromatic nitrogens is 1. The van der Waals surface area contributed by atoms with Gasteiger partial charge in [-0.15, -0.1) is 0 Å². The smallest absolute Gasteiger partial charge is 0.407 e. The van der Waals surface area contributed by atoms with E-state index in [2.05, 4.69) is 10.3 Å². The number of ether oxygens (including phenoxy) is 1. The van der Waals surface area contributed by atoms with E-state index in [1.54, 1.807) is 6.07 Å². The highest BCUT2D eigenvalue weighted by molar-refractivity contribution is 5.92. The standard InChI is InChI=1S/C25H23N3O5/c26-23(29)16-11-15(12-27-13-16)9-10-22(24(30)31)28-25(32)33-14-21-19-7-3-1-5-17(19)18-6-2-4-8-20(18)21/h1-8,11-13,21-22H,9-10,14H2,(H2,26,29)(H,28,32)(H,30,31)/t22-/m0/s1. The number of nitrogens with one attached hydrogen (secondary N) is 1. The van der Waals surface area contributed by atoms with Crippen LogP contribution in [0.15, 0.2) is 67.0 Å². The number of fused-ring (bicyclic) bond motifs is 3. The highest BCUT2D eigenvalue weighted by Gasteiger charge is 2.29. The molecule has 1 aromatic heterocycles. The summed E-state index contributed by atoms with van der Waals surface area (Å²) in [6.07, 6.45) is 2.46. The van der Waals surface area contributed by atoms with Crippen LogP contribution in [-0.2, 0) is 16.0 Å². The number of amides is 2. The number of pyridine rings is 1. The Kier molecular flexibility index (Phi) is 6.35. The van der Waals surface area contributed by atoms with E-state index in [9.17, 15) is 19.5 Å². The summed E-state index contributed by atoms with van der Waals surface area (Å²) in [5.41, 5.74) is 10.5. The monoisotopic (exact) mass is 445 g/mol. The molecule has 1 aliphatic rings. The van der Waals surface area contributed by atoms with Crippen molar-refractivity contribution in [2.24, 2.45) is 5.73 Å². The van der Waals surface area contributed by atoms with Crippen LogP contribution >= 0.6 is 0 Å². The molecular weight excluding hydrogens is 422 g/mol. The molecule has 8 heteroatoms. The number of nitrogens with zero attached hydrogens (tertiary/aromatic N) is 1. The molecule has 0 unspecified atom stereocenters. The van der Waals surface area contributed by atoms with Crippen molar-refractivity contribution in [1.82, 2.24) is 10.3 Å². The van der Waals surface area contributed by atoms with Crippen LogP contribution < -0.4 is 11.1 Å². The predicted octanol–water partition coefficient (Wildman–Crippen LogP) is 3.11. The van der Waals surface area contributed by atoms with E-state index in [0.29, 0.717) is 5.56 Å². The van der Waals surface area contributed by atoms with Crippen LogP contribution in [0.2, 0.25) is 0 Å². The second kappa shape index (κ2) is 9.52. The van der Waals surface area contributed by atoms with E-state index in [1.165, 1.54) is 12.4 Å². The minimum atomic E-state index is -1.18. The first kappa shape index (κ1) is 22.0. The molecule has 33 heavy (non-hydrogen) atoms. The summed E-state index contributed by atoms with van der Waals surface area (Å²) in [4.78, 5) is 39.3. The minimum Gasteiger partial charge on any atom is -0.480 e. The molecule has 2 amide bonds. The lowest BCUT2D eigenvalue weighted by molar-refractivity contribution is -0.139. The number of carbonyl (C=O) groups is 3. The van der Waals surface area contributed by atoms with Crippen LogP contribution in [0.1, 0.15) is 39.4 Å². The molecule has 1 aliphatic carbocycles. The lowest BCUT2D eigenvalue weighted by Crippen LogP contribution is -2.41. The molecule has 0 saturated carbocycles. The van der Waals surface area contributed by atoms with Gasteiger partial charge in [0.25, 0.3) is 0 Å². The molecular formula is C25H23N3O5. The molecule has 0 fully saturated rings. The van der Waals surface area contributed by atoms with Gasteiger partial charge in [-0.25, -0.2) is 9.59 Å². The Balaban J connectivity index is 1.38. The zero-order chi connectivity index (χ0) is 23.4. The Hall–Kier alpha value is -4.20. The lowest BCUT2D eigenvalue weighted by atomic mass is 9.98. The van der Waals surface area contributed by atoms with Crippen LogP contribution in [0, 0.1) is 0 Å². The van der Waals surface area contributed by atoms with E-state index >= 15 is 0 Å². The first-order valence-electron chi connectivity index (χ1n) is 10.5. The fourth-order valence-electron chi connectivity index (χ4n) is 4.11. The SMILES string of the molecule is NC(=O)c1cncc(CC[C@H](NC(=O)OCC2c3ccccc3-c3ccccc32)C(=O)O)c1. The van der Waals surface area contributed by atoms with Crippen molar-refractivity contribution >= 4 is 18.0 Å². The number of rotatable bonds is 8. The van der Waals surface area contributed by atoms with Gasteiger partial charge in [0, 0.05) is 18.3 Å². The maximum Gasteiger partial charge on any atom is 0.407 e. The Morgan fingerprint density at radius 2 is 1.67 bits per heavy atom. The number of primary amides is 1. The zero-order valence-corrected chi connectivity index (χ0v) is 17.7. The largest absolute Gasteiger partial charge is 0.480 e. The number of benzene rings is 2. The second-order valence-electron chi connectivity index (χ2n) is 7.85. The molecule has 4 N–H and O–H groups in total. The fraction of sp³-hybridized carbons (Fsp3) is 0.200. The van der Waals surface area contributed by atoms with Crippen LogP contribution in [0.4, 0.5) is 4.79 Å². The summed E-state index contributed by atoms with van der Waals surface area (Å²) in [5, 5.41) is 11.9. The van der Waals surface area contributed by atoms with Crippen molar-refractivity contribution in [3.63, 3.8) is 0 Å². The van der Waals surface area contributed by atoms with Crippen LogP contribution in [0.5, 0.6) is 0 Å². The third kappa shape index (κ3) is 4.85. The van der Waals surface area contributed by atoms with Gasteiger partial charge >= 0.3 is 12.1 Å². The molecule has 0 radical (unpaired) electrons. The van der Waals surface area contributed by atoms with Gasteiger partial charge in [0.2, 0.25) is 5.91 Å². The Morgan fingerprint density at radius 3 is 2.27 bits per heavy atom. The number of hydrogen-bond donors (Lipinski definition) is 3. The molecule has 0 saturated heterocycles. The van der Waals surface area contributed by atoms with Crippen molar-refractivity contribution in [1.29, 1.82) is 0 Å². The van der Waals surface area contributed by atoms with Crippen molar-refractivity contribution in [3.05, 3.63) is 89.2 Å². The average Bonchev–Trinajstić information content (AvgIpc) is 3.14. The average molecular weight is 445 g/mol. The number of nitrogens with two attached hydrogens (primary N) is 1. The summed E-state index contributed by atoms with van der Waals surface area (Å²) in [6.45, 7) is 0.0940. The Bertz CT molecular complexity index is 1160. The Morgan fingerprint density at radius 1 is 1.03 bits per heavy atom. The van der Waals surface area contributed by atoms with Gasteiger partial charge in [-0.2, -0.15) is 0 Å². The number of hydrogen-bond acceptors (Lipinski definition) is 5. The maximum absolute atomic E-state index is 12.4. The number of aryl methyl sites for hydroxylation is 1. The van der Waals surface area contributed by atoms with Gasteiger partial charge in [-0.1, -0.05) is 48.5 Å². The van der Waals surface area contributed by atoms with E-state index in [4.69, 9.17) is 10.5 Å². The number of carbonyl (C=O) groups excluding carboxylic acids is 2. The van der Waals surface area contributed by atoms with E-state index in [-0.39, 0.29) is 30.9 Å².